The van der Waals surface area contributed by atoms with Crippen LogP contribution in [0, 0.1) is 5.92 Å². The Bertz CT molecular complexity index is 438. The molecule has 0 aliphatic heterocycles. The summed E-state index contributed by atoms with van der Waals surface area (Å²) < 4.78 is 0. The summed E-state index contributed by atoms with van der Waals surface area (Å²) in [5.74, 6) is -3.23. The van der Waals surface area contributed by atoms with Gasteiger partial charge in [0.25, 0.3) is 0 Å². The van der Waals surface area contributed by atoms with E-state index < -0.39 is 41.8 Å². The average Bonchev–Trinajstić information content (AvgIpc) is 2.40. The van der Waals surface area contributed by atoms with E-state index in [-0.39, 0.29) is 18.8 Å². The summed E-state index contributed by atoms with van der Waals surface area (Å²) in [6, 6.07) is -2.97. The lowest BCUT2D eigenvalue weighted by molar-refractivity contribution is -0.142. The molecule has 9 heteroatoms. The van der Waals surface area contributed by atoms with E-state index in [4.69, 9.17) is 16.6 Å². The molecular weight excluding hydrogens is 292 g/mol. The van der Waals surface area contributed by atoms with Crippen molar-refractivity contribution in [2.75, 3.05) is 0 Å². The van der Waals surface area contributed by atoms with Crippen LogP contribution in [0.3, 0.4) is 0 Å². The predicted molar refractivity (Wildman–Crippen MR) is 78.4 cm³/mol. The minimum absolute atomic E-state index is 0.0385. The molecule has 9 nitrogen and oxygen atoms in total. The molecule has 0 fully saturated rings. The maximum absolute atomic E-state index is 12.0. The van der Waals surface area contributed by atoms with Gasteiger partial charge in [-0.15, -0.1) is 0 Å². The van der Waals surface area contributed by atoms with Crippen LogP contribution >= 0.6 is 0 Å². The molecule has 0 rings (SSSR count). The monoisotopic (exact) mass is 316 g/mol. The number of carbonyl (C=O) groups excluding carboxylic acids is 3. The highest BCUT2D eigenvalue weighted by Gasteiger charge is 2.28. The summed E-state index contributed by atoms with van der Waals surface area (Å²) in [4.78, 5) is 45.3. The van der Waals surface area contributed by atoms with Crippen LogP contribution in [-0.2, 0) is 19.2 Å². The minimum atomic E-state index is -1.18. The summed E-state index contributed by atoms with van der Waals surface area (Å²) in [6.45, 7) is 4.72. The number of aliphatic carboxylic acids is 1. The highest BCUT2D eigenvalue weighted by atomic mass is 16.4. The molecule has 0 radical (unpaired) electrons. The van der Waals surface area contributed by atoms with Crippen LogP contribution in [0.4, 0.5) is 0 Å². The number of rotatable bonds is 9. The number of primary amides is 1. The third-order valence-electron chi connectivity index (χ3n) is 3.01. The molecule has 3 amide bonds. The Morgan fingerprint density at radius 1 is 1.05 bits per heavy atom. The van der Waals surface area contributed by atoms with Gasteiger partial charge in [-0.05, 0) is 19.3 Å². The van der Waals surface area contributed by atoms with Crippen LogP contribution < -0.4 is 22.1 Å². The van der Waals surface area contributed by atoms with E-state index in [2.05, 4.69) is 10.6 Å². The fourth-order valence-electron chi connectivity index (χ4n) is 1.59. The topological polar surface area (TPSA) is 165 Å². The normalized spacial score (nSPS) is 14.8. The zero-order chi connectivity index (χ0) is 17.4. The lowest BCUT2D eigenvalue weighted by Gasteiger charge is -2.24. The zero-order valence-corrected chi connectivity index (χ0v) is 13.0. The fourth-order valence-corrected chi connectivity index (χ4v) is 1.59. The van der Waals surface area contributed by atoms with E-state index in [1.807, 2.05) is 0 Å². The van der Waals surface area contributed by atoms with Crippen molar-refractivity contribution in [3.05, 3.63) is 0 Å². The molecule has 0 bridgehead atoms. The highest BCUT2D eigenvalue weighted by Crippen LogP contribution is 2.04. The number of nitrogens with two attached hydrogens (primary N) is 2. The average molecular weight is 316 g/mol. The second-order valence-electron chi connectivity index (χ2n) is 5.41. The minimum Gasteiger partial charge on any atom is -0.480 e. The molecule has 0 aliphatic rings. The van der Waals surface area contributed by atoms with Gasteiger partial charge >= 0.3 is 5.97 Å². The molecule has 0 aromatic heterocycles. The first-order valence-electron chi connectivity index (χ1n) is 6.93. The summed E-state index contributed by atoms with van der Waals surface area (Å²) in [5.41, 5.74) is 10.6. The van der Waals surface area contributed by atoms with Crippen LogP contribution in [0.15, 0.2) is 0 Å². The van der Waals surface area contributed by atoms with Crippen molar-refractivity contribution in [2.24, 2.45) is 17.4 Å². The third kappa shape index (κ3) is 7.02. The third-order valence-corrected chi connectivity index (χ3v) is 3.01. The smallest absolute Gasteiger partial charge is 0.325 e. The van der Waals surface area contributed by atoms with Gasteiger partial charge in [-0.2, -0.15) is 0 Å². The second-order valence-corrected chi connectivity index (χ2v) is 5.41. The van der Waals surface area contributed by atoms with Crippen molar-refractivity contribution in [1.82, 2.24) is 10.6 Å². The van der Waals surface area contributed by atoms with Crippen molar-refractivity contribution < 1.29 is 24.3 Å². The van der Waals surface area contributed by atoms with E-state index in [9.17, 15) is 19.2 Å². The predicted octanol–water partition coefficient (Wildman–Crippen LogP) is -1.69. The lowest BCUT2D eigenvalue weighted by Crippen LogP contribution is -2.55. The Morgan fingerprint density at radius 2 is 1.59 bits per heavy atom. The van der Waals surface area contributed by atoms with E-state index in [0.29, 0.717) is 0 Å². The van der Waals surface area contributed by atoms with E-state index in [1.165, 1.54) is 6.92 Å². The number of carbonyl (C=O) groups is 4. The number of nitrogens with one attached hydrogen (secondary N) is 2. The molecule has 7 N–H and O–H groups in total. The molecule has 3 unspecified atom stereocenters. The molecule has 0 heterocycles. The van der Waals surface area contributed by atoms with Crippen LogP contribution in [0.1, 0.15) is 33.6 Å². The first-order chi connectivity index (χ1) is 10.1. The molecule has 0 aromatic carbocycles. The molecule has 126 valence electrons. The first kappa shape index (κ1) is 19.8. The number of hydrogen-bond acceptors (Lipinski definition) is 5. The Labute approximate surface area is 128 Å². The Morgan fingerprint density at radius 3 is 2.00 bits per heavy atom. The van der Waals surface area contributed by atoms with Gasteiger partial charge in [-0.3, -0.25) is 19.2 Å². The SMILES string of the molecule is CC(NC(=O)C(NC(=O)C(N)CCC(N)=O)C(C)C)C(=O)O. The molecular formula is C13H24N4O5. The number of hydrogen-bond donors (Lipinski definition) is 5. The van der Waals surface area contributed by atoms with Crippen molar-refractivity contribution in [2.45, 2.75) is 51.7 Å². The summed E-state index contributed by atoms with van der Waals surface area (Å²) >= 11 is 0. The number of carboxylic acids is 1. The summed E-state index contributed by atoms with van der Waals surface area (Å²) in [7, 11) is 0. The van der Waals surface area contributed by atoms with Gasteiger partial charge in [-0.25, -0.2) is 0 Å². The van der Waals surface area contributed by atoms with Gasteiger partial charge < -0.3 is 27.2 Å². The van der Waals surface area contributed by atoms with Crippen molar-refractivity contribution >= 4 is 23.7 Å². The van der Waals surface area contributed by atoms with Crippen LogP contribution in [0.5, 0.6) is 0 Å². The van der Waals surface area contributed by atoms with Gasteiger partial charge in [0.1, 0.15) is 12.1 Å². The van der Waals surface area contributed by atoms with Gasteiger partial charge in [-0.1, -0.05) is 13.8 Å². The van der Waals surface area contributed by atoms with E-state index >= 15 is 0 Å². The molecule has 0 saturated carbocycles. The van der Waals surface area contributed by atoms with Gasteiger partial charge in [0.15, 0.2) is 0 Å². The van der Waals surface area contributed by atoms with Crippen molar-refractivity contribution in [3.8, 4) is 0 Å². The standard InChI is InChI=1S/C13H24N4O5/c1-6(2)10(12(20)16-7(3)13(21)22)17-11(19)8(14)4-5-9(15)18/h6-8,10H,4-5,14H2,1-3H3,(H2,15,18)(H,16,20)(H,17,19)(H,21,22). The van der Waals surface area contributed by atoms with Gasteiger partial charge in [0.2, 0.25) is 17.7 Å². The largest absolute Gasteiger partial charge is 0.480 e. The number of amides is 3. The van der Waals surface area contributed by atoms with Crippen LogP contribution in [0.2, 0.25) is 0 Å². The molecule has 22 heavy (non-hydrogen) atoms. The van der Waals surface area contributed by atoms with Crippen molar-refractivity contribution in [3.63, 3.8) is 0 Å². The Hall–Kier alpha value is -2.16. The van der Waals surface area contributed by atoms with E-state index in [1.54, 1.807) is 13.8 Å². The summed E-state index contributed by atoms with van der Waals surface area (Å²) in [5, 5.41) is 13.5. The fraction of sp³-hybridized carbons (Fsp3) is 0.692. The van der Waals surface area contributed by atoms with Gasteiger partial charge in [0.05, 0.1) is 6.04 Å². The quantitative estimate of drug-likeness (QED) is 0.340. The lowest BCUT2D eigenvalue weighted by atomic mass is 10.0. The molecule has 0 saturated heterocycles. The molecule has 0 aromatic rings. The Kier molecular flexibility index (Phi) is 8.10. The maximum Gasteiger partial charge on any atom is 0.325 e. The van der Waals surface area contributed by atoms with Crippen LogP contribution in [0.25, 0.3) is 0 Å². The second kappa shape index (κ2) is 8.98. The highest BCUT2D eigenvalue weighted by molar-refractivity contribution is 5.92. The first-order valence-corrected chi connectivity index (χ1v) is 6.93. The van der Waals surface area contributed by atoms with E-state index in [0.717, 1.165) is 0 Å². The van der Waals surface area contributed by atoms with Crippen LogP contribution in [-0.4, -0.2) is 46.9 Å². The van der Waals surface area contributed by atoms with Crippen molar-refractivity contribution in [1.29, 1.82) is 0 Å². The maximum atomic E-state index is 12.0. The summed E-state index contributed by atoms with van der Waals surface area (Å²) in [6.07, 6.45) is 0.0301. The Balaban J connectivity index is 4.69. The molecule has 0 aliphatic carbocycles. The molecule has 3 atom stereocenters. The van der Waals surface area contributed by atoms with Gasteiger partial charge in [0, 0.05) is 6.42 Å². The number of carboxylic acid groups (broad SMARTS) is 1. The molecule has 0 spiro atoms. The zero-order valence-electron chi connectivity index (χ0n) is 13.0.